The maximum Gasteiger partial charge on any atom is 0.255 e. The Kier molecular flexibility index (Phi) is 10.2. The van der Waals surface area contributed by atoms with Crippen molar-refractivity contribution in [3.8, 4) is 11.3 Å². The number of anilines is 3. The molecule has 4 aromatic rings. The molecule has 0 radical (unpaired) electrons. The van der Waals surface area contributed by atoms with Gasteiger partial charge in [-0.1, -0.05) is 74.5 Å². The number of rotatable bonds is 14. The van der Waals surface area contributed by atoms with E-state index >= 15 is 0 Å². The first-order valence-corrected chi connectivity index (χ1v) is 13.8. The van der Waals surface area contributed by atoms with E-state index in [1.54, 1.807) is 16.8 Å². The number of unbranched alkanes of at least 4 members (excludes halogenated alkanes) is 1. The van der Waals surface area contributed by atoms with E-state index < -0.39 is 0 Å². The number of aromatic nitrogens is 4. The van der Waals surface area contributed by atoms with E-state index in [9.17, 15) is 4.79 Å². The summed E-state index contributed by atoms with van der Waals surface area (Å²) in [5.41, 5.74) is 2.74. The number of hydrogen-bond acceptors (Lipinski definition) is 7. The molecule has 0 aliphatic carbocycles. The molecule has 2 heterocycles. The van der Waals surface area contributed by atoms with Gasteiger partial charge < -0.3 is 10.6 Å². The number of hydrogen-bond donors (Lipinski definition) is 2. The highest BCUT2D eigenvalue weighted by Crippen LogP contribution is 2.25. The summed E-state index contributed by atoms with van der Waals surface area (Å²) in [6, 6.07) is 24.1. The molecule has 0 bridgehead atoms. The van der Waals surface area contributed by atoms with Crippen molar-refractivity contribution in [2.75, 3.05) is 29.9 Å². The first-order chi connectivity index (χ1) is 19.0. The molecule has 2 aromatic carbocycles. The highest BCUT2D eigenvalue weighted by Gasteiger charge is 2.19. The van der Waals surface area contributed by atoms with Crippen LogP contribution in [0.3, 0.4) is 0 Å². The van der Waals surface area contributed by atoms with Crippen molar-refractivity contribution < 1.29 is 0 Å². The Morgan fingerprint density at radius 1 is 0.923 bits per heavy atom. The molecule has 0 spiro atoms. The lowest BCUT2D eigenvalue weighted by Crippen LogP contribution is -2.31. The van der Waals surface area contributed by atoms with Gasteiger partial charge in [0.1, 0.15) is 5.82 Å². The lowest BCUT2D eigenvalue weighted by molar-refractivity contribution is 0.556. The zero-order valence-electron chi connectivity index (χ0n) is 23.2. The fourth-order valence-electron chi connectivity index (χ4n) is 4.40. The van der Waals surface area contributed by atoms with Gasteiger partial charge in [0.05, 0.1) is 5.69 Å². The summed E-state index contributed by atoms with van der Waals surface area (Å²) in [5, 5.41) is 6.84. The smallest absolute Gasteiger partial charge is 0.255 e. The van der Waals surface area contributed by atoms with Crippen LogP contribution in [0, 0.1) is 0 Å². The molecule has 8 heteroatoms. The standard InChI is InChI=1S/C31H39N7O/c1-4-37-29(39)23-27(26-15-9-6-10-16-26)35-31(37)38(22-12-11-19-32-24(2)3)28-18-21-34-30(36-28)33-20-17-25-13-7-5-8-14-25/h5-10,13-16,18,21,23-24,32H,4,11-12,17,19-20,22H2,1-3H3,(H,33,34,36). The molecule has 204 valence electrons. The average molecular weight is 526 g/mol. The number of nitrogens with one attached hydrogen (secondary N) is 2. The van der Waals surface area contributed by atoms with Crippen molar-refractivity contribution in [1.29, 1.82) is 0 Å². The number of benzene rings is 2. The summed E-state index contributed by atoms with van der Waals surface area (Å²) >= 11 is 0. The molecule has 8 nitrogen and oxygen atoms in total. The summed E-state index contributed by atoms with van der Waals surface area (Å²) in [6.07, 6.45) is 4.54. The maximum absolute atomic E-state index is 13.2. The third-order valence-electron chi connectivity index (χ3n) is 6.43. The Balaban J connectivity index is 1.63. The summed E-state index contributed by atoms with van der Waals surface area (Å²) in [5.74, 6) is 1.86. The minimum absolute atomic E-state index is 0.0805. The Bertz CT molecular complexity index is 1360. The molecule has 0 fully saturated rings. The van der Waals surface area contributed by atoms with Crippen LogP contribution in [-0.4, -0.2) is 45.2 Å². The first-order valence-electron chi connectivity index (χ1n) is 13.8. The minimum atomic E-state index is -0.0805. The third-order valence-corrected chi connectivity index (χ3v) is 6.43. The van der Waals surface area contributed by atoms with Crippen molar-refractivity contribution in [2.24, 2.45) is 0 Å². The van der Waals surface area contributed by atoms with Gasteiger partial charge in [0.15, 0.2) is 0 Å². The first kappa shape index (κ1) is 28.0. The normalized spacial score (nSPS) is 11.1. The van der Waals surface area contributed by atoms with Crippen LogP contribution in [0.25, 0.3) is 11.3 Å². The number of nitrogens with zero attached hydrogens (tertiary/aromatic N) is 5. The molecule has 0 amide bonds. The van der Waals surface area contributed by atoms with Gasteiger partial charge in [0.25, 0.3) is 5.56 Å². The molecule has 39 heavy (non-hydrogen) atoms. The Morgan fingerprint density at radius 3 is 2.38 bits per heavy atom. The van der Waals surface area contributed by atoms with Gasteiger partial charge in [-0.05, 0) is 44.4 Å². The maximum atomic E-state index is 13.2. The summed E-state index contributed by atoms with van der Waals surface area (Å²) in [6.45, 7) is 9.10. The van der Waals surface area contributed by atoms with E-state index in [0.717, 1.165) is 37.9 Å². The van der Waals surface area contributed by atoms with Crippen LogP contribution < -0.4 is 21.1 Å². The second-order valence-electron chi connectivity index (χ2n) is 9.76. The van der Waals surface area contributed by atoms with Crippen molar-refractivity contribution in [1.82, 2.24) is 24.8 Å². The van der Waals surface area contributed by atoms with E-state index in [1.807, 2.05) is 61.5 Å². The summed E-state index contributed by atoms with van der Waals surface area (Å²) in [4.78, 5) is 29.6. The average Bonchev–Trinajstić information content (AvgIpc) is 2.95. The van der Waals surface area contributed by atoms with Gasteiger partial charge in [-0.25, -0.2) is 9.97 Å². The van der Waals surface area contributed by atoms with Crippen molar-refractivity contribution in [3.05, 3.63) is 94.9 Å². The van der Waals surface area contributed by atoms with Crippen molar-refractivity contribution in [3.63, 3.8) is 0 Å². The van der Waals surface area contributed by atoms with Crippen LogP contribution in [0.1, 0.15) is 39.2 Å². The Morgan fingerprint density at radius 2 is 1.67 bits per heavy atom. The summed E-state index contributed by atoms with van der Waals surface area (Å²) < 4.78 is 1.71. The quantitative estimate of drug-likeness (QED) is 0.216. The molecule has 4 rings (SSSR count). The fraction of sp³-hybridized carbons (Fsp3) is 0.355. The van der Waals surface area contributed by atoms with Crippen LogP contribution in [0.15, 0.2) is 83.8 Å². The van der Waals surface area contributed by atoms with Gasteiger partial charge in [0, 0.05) is 43.5 Å². The molecular weight excluding hydrogens is 486 g/mol. The van der Waals surface area contributed by atoms with E-state index in [0.29, 0.717) is 42.5 Å². The molecule has 0 aliphatic heterocycles. The Hall–Kier alpha value is -4.04. The third kappa shape index (κ3) is 7.97. The minimum Gasteiger partial charge on any atom is -0.354 e. The highest BCUT2D eigenvalue weighted by atomic mass is 16.1. The van der Waals surface area contributed by atoms with Gasteiger partial charge in [-0.15, -0.1) is 0 Å². The molecule has 0 saturated carbocycles. The predicted molar refractivity (Wildman–Crippen MR) is 160 cm³/mol. The fourth-order valence-corrected chi connectivity index (χ4v) is 4.40. The van der Waals surface area contributed by atoms with Gasteiger partial charge in [0.2, 0.25) is 11.9 Å². The van der Waals surface area contributed by atoms with Crippen LogP contribution >= 0.6 is 0 Å². The van der Waals surface area contributed by atoms with Gasteiger partial charge in [-0.3, -0.25) is 14.3 Å². The second kappa shape index (κ2) is 14.2. The SMILES string of the molecule is CCn1c(N(CCCCNC(C)C)c2ccnc(NCCc3ccccc3)n2)nc(-c2ccccc2)cc1=O. The molecule has 2 N–H and O–H groups in total. The lowest BCUT2D eigenvalue weighted by atomic mass is 10.1. The van der Waals surface area contributed by atoms with E-state index in [2.05, 4.69) is 46.5 Å². The van der Waals surface area contributed by atoms with Gasteiger partial charge in [-0.2, -0.15) is 4.98 Å². The van der Waals surface area contributed by atoms with Crippen LogP contribution in [0.2, 0.25) is 0 Å². The topological polar surface area (TPSA) is 88.0 Å². The largest absolute Gasteiger partial charge is 0.354 e. The second-order valence-corrected chi connectivity index (χ2v) is 9.76. The molecule has 0 unspecified atom stereocenters. The van der Waals surface area contributed by atoms with Crippen molar-refractivity contribution in [2.45, 2.75) is 52.6 Å². The lowest BCUT2D eigenvalue weighted by Gasteiger charge is -2.26. The molecule has 0 aliphatic rings. The zero-order valence-corrected chi connectivity index (χ0v) is 23.2. The molecule has 2 aromatic heterocycles. The monoisotopic (exact) mass is 525 g/mol. The predicted octanol–water partition coefficient (Wildman–Crippen LogP) is 5.29. The molecule has 0 saturated heterocycles. The van der Waals surface area contributed by atoms with Crippen LogP contribution in [0.5, 0.6) is 0 Å². The molecular formula is C31H39N7O. The highest BCUT2D eigenvalue weighted by molar-refractivity contribution is 5.62. The van der Waals surface area contributed by atoms with E-state index in [1.165, 1.54) is 5.56 Å². The van der Waals surface area contributed by atoms with Gasteiger partial charge >= 0.3 is 0 Å². The van der Waals surface area contributed by atoms with Crippen LogP contribution in [-0.2, 0) is 13.0 Å². The zero-order chi connectivity index (χ0) is 27.5. The van der Waals surface area contributed by atoms with Crippen LogP contribution in [0.4, 0.5) is 17.7 Å². The Labute approximate surface area is 231 Å². The molecule has 0 atom stereocenters. The van der Waals surface area contributed by atoms with E-state index in [-0.39, 0.29) is 5.56 Å². The van der Waals surface area contributed by atoms with E-state index in [4.69, 9.17) is 9.97 Å². The summed E-state index contributed by atoms with van der Waals surface area (Å²) in [7, 11) is 0. The van der Waals surface area contributed by atoms with Crippen molar-refractivity contribution >= 4 is 17.7 Å².